The summed E-state index contributed by atoms with van der Waals surface area (Å²) in [5.74, 6) is 0.241. The highest BCUT2D eigenvalue weighted by molar-refractivity contribution is 7.89. The molecule has 0 atom stereocenters. The van der Waals surface area contributed by atoms with Crippen LogP contribution < -0.4 is 10.5 Å². The molecule has 0 saturated carbocycles. The monoisotopic (exact) mass is 429 g/mol. The topological polar surface area (TPSA) is 102 Å². The van der Waals surface area contributed by atoms with Gasteiger partial charge in [0.1, 0.15) is 10.7 Å². The molecule has 29 heavy (non-hydrogen) atoms. The van der Waals surface area contributed by atoms with Crippen molar-refractivity contribution in [2.75, 3.05) is 6.54 Å². The SMILES string of the molecule is CC(C)c1ccc(-c2nc(C(=O)NCCc3ccc(S(N)(=O)=O)cc3)cs2)cc1. The molecule has 0 radical (unpaired) electrons. The van der Waals surface area contributed by atoms with E-state index in [0.717, 1.165) is 16.1 Å². The van der Waals surface area contributed by atoms with Crippen LogP contribution in [0.25, 0.3) is 10.6 Å². The molecule has 0 saturated heterocycles. The van der Waals surface area contributed by atoms with Gasteiger partial charge in [-0.2, -0.15) is 0 Å². The Morgan fingerprint density at radius 2 is 1.76 bits per heavy atom. The number of benzene rings is 2. The predicted octanol–water partition coefficient (Wildman–Crippen LogP) is 3.55. The van der Waals surface area contributed by atoms with Crippen LogP contribution in [0.5, 0.6) is 0 Å². The number of thiazole rings is 1. The Balaban J connectivity index is 1.56. The van der Waals surface area contributed by atoms with Gasteiger partial charge in [-0.15, -0.1) is 11.3 Å². The Labute approximate surface area is 174 Å². The van der Waals surface area contributed by atoms with Crippen LogP contribution in [0.2, 0.25) is 0 Å². The van der Waals surface area contributed by atoms with Crippen LogP contribution in [0.1, 0.15) is 41.4 Å². The molecule has 0 unspecified atom stereocenters. The lowest BCUT2D eigenvalue weighted by Crippen LogP contribution is -2.26. The van der Waals surface area contributed by atoms with Gasteiger partial charge in [0.2, 0.25) is 10.0 Å². The van der Waals surface area contributed by atoms with E-state index in [-0.39, 0.29) is 10.8 Å². The number of primary sulfonamides is 1. The third-order valence-corrected chi connectivity index (χ3v) is 6.33. The molecular weight excluding hydrogens is 406 g/mol. The Hall–Kier alpha value is -2.55. The van der Waals surface area contributed by atoms with Gasteiger partial charge < -0.3 is 5.32 Å². The summed E-state index contributed by atoms with van der Waals surface area (Å²) in [7, 11) is -3.69. The van der Waals surface area contributed by atoms with Gasteiger partial charge in [-0.1, -0.05) is 50.2 Å². The van der Waals surface area contributed by atoms with Crippen molar-refractivity contribution in [2.24, 2.45) is 5.14 Å². The predicted molar refractivity (Wildman–Crippen MR) is 115 cm³/mol. The average Bonchev–Trinajstić information content (AvgIpc) is 3.18. The highest BCUT2D eigenvalue weighted by Gasteiger charge is 2.12. The highest BCUT2D eigenvalue weighted by atomic mass is 32.2. The van der Waals surface area contributed by atoms with Gasteiger partial charge in [-0.25, -0.2) is 18.5 Å². The van der Waals surface area contributed by atoms with Crippen molar-refractivity contribution in [3.63, 3.8) is 0 Å². The number of amides is 1. The van der Waals surface area contributed by atoms with Gasteiger partial charge >= 0.3 is 0 Å². The number of aromatic nitrogens is 1. The zero-order valence-electron chi connectivity index (χ0n) is 16.3. The molecule has 3 aromatic rings. The summed E-state index contributed by atoms with van der Waals surface area (Å²) in [4.78, 5) is 16.9. The number of sulfonamides is 1. The van der Waals surface area contributed by atoms with Crippen molar-refractivity contribution in [3.8, 4) is 10.6 Å². The van der Waals surface area contributed by atoms with Crippen LogP contribution in [0.3, 0.4) is 0 Å². The molecule has 152 valence electrons. The molecule has 0 fully saturated rings. The van der Waals surface area contributed by atoms with Crippen molar-refractivity contribution < 1.29 is 13.2 Å². The maximum Gasteiger partial charge on any atom is 0.270 e. The summed E-state index contributed by atoms with van der Waals surface area (Å²) in [6.45, 7) is 4.72. The largest absolute Gasteiger partial charge is 0.350 e. The van der Waals surface area contributed by atoms with Gasteiger partial charge in [0.25, 0.3) is 5.91 Å². The van der Waals surface area contributed by atoms with Crippen LogP contribution in [-0.2, 0) is 16.4 Å². The van der Waals surface area contributed by atoms with E-state index in [2.05, 4.69) is 36.3 Å². The van der Waals surface area contributed by atoms with Gasteiger partial charge in [0, 0.05) is 17.5 Å². The number of carbonyl (C=O) groups excluding carboxylic acids is 1. The number of nitrogens with one attached hydrogen (secondary N) is 1. The van der Waals surface area contributed by atoms with E-state index in [9.17, 15) is 13.2 Å². The Bertz CT molecular complexity index is 1090. The molecule has 1 aromatic heterocycles. The molecule has 0 aliphatic heterocycles. The maximum atomic E-state index is 12.3. The maximum absolute atomic E-state index is 12.3. The molecule has 0 aliphatic rings. The first-order valence-corrected chi connectivity index (χ1v) is 11.6. The van der Waals surface area contributed by atoms with E-state index in [1.54, 1.807) is 17.5 Å². The zero-order valence-corrected chi connectivity index (χ0v) is 17.9. The first kappa shape index (κ1) is 21.2. The van der Waals surface area contributed by atoms with Gasteiger partial charge in [0.15, 0.2) is 0 Å². The number of nitrogens with zero attached hydrogens (tertiary/aromatic N) is 1. The van der Waals surface area contributed by atoms with E-state index >= 15 is 0 Å². The fourth-order valence-corrected chi connectivity index (χ4v) is 4.10. The molecule has 1 amide bonds. The molecule has 6 nitrogen and oxygen atoms in total. The number of hydrogen-bond donors (Lipinski definition) is 2. The fourth-order valence-electron chi connectivity index (χ4n) is 2.78. The molecular formula is C21H23N3O3S2. The second-order valence-electron chi connectivity index (χ2n) is 7.01. The van der Waals surface area contributed by atoms with Crippen LogP contribution in [0, 0.1) is 0 Å². The smallest absolute Gasteiger partial charge is 0.270 e. The standard InChI is InChI=1S/C21H23N3O3S2/c1-14(2)16-5-7-17(8-6-16)21-24-19(13-28-21)20(25)23-12-11-15-3-9-18(10-4-15)29(22,26)27/h3-10,13-14H,11-12H2,1-2H3,(H,23,25)(H2,22,26,27). The minimum Gasteiger partial charge on any atom is -0.350 e. The van der Waals surface area contributed by atoms with Crippen LogP contribution >= 0.6 is 11.3 Å². The van der Waals surface area contributed by atoms with Gasteiger partial charge in [-0.3, -0.25) is 4.79 Å². The van der Waals surface area contributed by atoms with Crippen molar-refractivity contribution in [2.45, 2.75) is 31.1 Å². The molecule has 2 aromatic carbocycles. The summed E-state index contributed by atoms with van der Waals surface area (Å²) < 4.78 is 22.5. The molecule has 3 rings (SSSR count). The molecule has 1 heterocycles. The molecule has 0 spiro atoms. The summed E-state index contributed by atoms with van der Waals surface area (Å²) in [6, 6.07) is 14.5. The van der Waals surface area contributed by atoms with E-state index in [4.69, 9.17) is 5.14 Å². The summed E-state index contributed by atoms with van der Waals surface area (Å²) in [5, 5.41) is 10.5. The minimum absolute atomic E-state index is 0.0710. The number of hydrogen-bond acceptors (Lipinski definition) is 5. The molecule has 8 heteroatoms. The van der Waals surface area contributed by atoms with Crippen LogP contribution in [0.4, 0.5) is 0 Å². The Morgan fingerprint density at radius 1 is 1.10 bits per heavy atom. The van der Waals surface area contributed by atoms with Gasteiger partial charge in [-0.05, 0) is 35.6 Å². The lowest BCUT2D eigenvalue weighted by atomic mass is 10.0. The minimum atomic E-state index is -3.69. The highest BCUT2D eigenvalue weighted by Crippen LogP contribution is 2.25. The summed E-state index contributed by atoms with van der Waals surface area (Å²) >= 11 is 1.44. The summed E-state index contributed by atoms with van der Waals surface area (Å²) in [6.07, 6.45) is 0.574. The second-order valence-corrected chi connectivity index (χ2v) is 9.43. The van der Waals surface area contributed by atoms with E-state index in [1.807, 2.05) is 12.1 Å². The molecule has 3 N–H and O–H groups in total. The first-order valence-electron chi connectivity index (χ1n) is 9.20. The summed E-state index contributed by atoms with van der Waals surface area (Å²) in [5.41, 5.74) is 3.55. The lowest BCUT2D eigenvalue weighted by molar-refractivity contribution is 0.0950. The van der Waals surface area contributed by atoms with Crippen molar-refractivity contribution in [1.82, 2.24) is 10.3 Å². The average molecular weight is 430 g/mol. The third kappa shape index (κ3) is 5.50. The normalized spacial score (nSPS) is 11.6. The van der Waals surface area contributed by atoms with Crippen molar-refractivity contribution in [3.05, 3.63) is 70.7 Å². The fraction of sp³-hybridized carbons (Fsp3) is 0.238. The number of carbonyl (C=O) groups is 1. The van der Waals surface area contributed by atoms with E-state index < -0.39 is 10.0 Å². The van der Waals surface area contributed by atoms with Crippen molar-refractivity contribution in [1.29, 1.82) is 0 Å². The third-order valence-electron chi connectivity index (χ3n) is 4.51. The van der Waals surface area contributed by atoms with E-state index in [1.165, 1.54) is 29.0 Å². The number of rotatable bonds is 7. The van der Waals surface area contributed by atoms with Gasteiger partial charge in [0.05, 0.1) is 4.90 Å². The van der Waals surface area contributed by atoms with E-state index in [0.29, 0.717) is 24.6 Å². The van der Waals surface area contributed by atoms with Crippen LogP contribution in [-0.4, -0.2) is 25.9 Å². The van der Waals surface area contributed by atoms with Crippen LogP contribution in [0.15, 0.2) is 58.8 Å². The first-order chi connectivity index (χ1) is 13.7. The molecule has 0 bridgehead atoms. The number of nitrogens with two attached hydrogens (primary N) is 1. The second kappa shape index (κ2) is 8.86. The quantitative estimate of drug-likeness (QED) is 0.599. The van der Waals surface area contributed by atoms with Crippen molar-refractivity contribution >= 4 is 27.3 Å². The molecule has 0 aliphatic carbocycles. The zero-order chi connectivity index (χ0) is 21.0. The lowest BCUT2D eigenvalue weighted by Gasteiger charge is -2.05. The Kier molecular flexibility index (Phi) is 6.46. The Morgan fingerprint density at radius 3 is 2.34 bits per heavy atom.